The largest absolute Gasteiger partial charge is 0.393 e. The topological polar surface area (TPSA) is 43.7 Å². The molecule has 1 fully saturated rings. The van der Waals surface area contributed by atoms with E-state index in [2.05, 4.69) is 18.7 Å². The average molecular weight is 229 g/mol. The molecule has 16 heavy (non-hydrogen) atoms. The van der Waals surface area contributed by atoms with Crippen LogP contribution in [0.1, 0.15) is 40.5 Å². The quantitative estimate of drug-likeness (QED) is 0.767. The first kappa shape index (κ1) is 13.9. The van der Waals surface area contributed by atoms with Crippen LogP contribution in [0.25, 0.3) is 0 Å². The maximum absolute atomic E-state index is 9.68. The third kappa shape index (κ3) is 3.72. The van der Waals surface area contributed by atoms with Gasteiger partial charge in [0.2, 0.25) is 0 Å². The predicted molar refractivity (Wildman–Crippen MR) is 66.3 cm³/mol. The van der Waals surface area contributed by atoms with Gasteiger partial charge in [-0.3, -0.25) is 0 Å². The molecule has 0 amide bonds. The summed E-state index contributed by atoms with van der Waals surface area (Å²) in [6.45, 7) is 11.0. The molecule has 0 saturated carbocycles. The van der Waals surface area contributed by atoms with Crippen molar-refractivity contribution in [3.05, 3.63) is 0 Å². The van der Waals surface area contributed by atoms with Crippen molar-refractivity contribution in [2.45, 2.75) is 52.7 Å². The third-order valence-electron chi connectivity index (χ3n) is 4.08. The molecule has 0 bridgehead atoms. The van der Waals surface area contributed by atoms with Crippen molar-refractivity contribution in [2.75, 3.05) is 19.6 Å². The Morgan fingerprint density at radius 1 is 1.19 bits per heavy atom. The number of aliphatic hydroxyl groups is 2. The fourth-order valence-electron chi connectivity index (χ4n) is 2.30. The summed E-state index contributed by atoms with van der Waals surface area (Å²) < 4.78 is 0. The van der Waals surface area contributed by atoms with Crippen LogP contribution in [-0.4, -0.2) is 47.0 Å². The Morgan fingerprint density at radius 2 is 1.69 bits per heavy atom. The van der Waals surface area contributed by atoms with E-state index in [0.717, 1.165) is 32.5 Å². The van der Waals surface area contributed by atoms with E-state index in [-0.39, 0.29) is 17.6 Å². The molecule has 2 N–H and O–H groups in total. The van der Waals surface area contributed by atoms with Gasteiger partial charge >= 0.3 is 0 Å². The standard InChI is InChI=1S/C13H27NO2/c1-10(15)12-5-7-14(8-6-12)9-13(3,4)11(2)16/h10-12,15-16H,5-9H2,1-4H3. The lowest BCUT2D eigenvalue weighted by molar-refractivity contribution is 0.0126. The molecule has 1 rings (SSSR count). The third-order valence-corrected chi connectivity index (χ3v) is 4.08. The lowest BCUT2D eigenvalue weighted by atomic mass is 9.85. The highest BCUT2D eigenvalue weighted by molar-refractivity contribution is 4.82. The molecule has 2 atom stereocenters. The molecule has 0 aromatic carbocycles. The van der Waals surface area contributed by atoms with Gasteiger partial charge < -0.3 is 15.1 Å². The second-order valence-electron chi connectivity index (χ2n) is 6.02. The van der Waals surface area contributed by atoms with Gasteiger partial charge in [0, 0.05) is 12.0 Å². The summed E-state index contributed by atoms with van der Waals surface area (Å²) in [5, 5.41) is 19.2. The summed E-state index contributed by atoms with van der Waals surface area (Å²) in [5.74, 6) is 0.464. The van der Waals surface area contributed by atoms with Crippen molar-refractivity contribution in [1.29, 1.82) is 0 Å². The van der Waals surface area contributed by atoms with E-state index >= 15 is 0 Å². The molecule has 0 aliphatic carbocycles. The first-order chi connectivity index (χ1) is 7.33. The molecule has 96 valence electrons. The smallest absolute Gasteiger partial charge is 0.0575 e. The summed E-state index contributed by atoms with van der Waals surface area (Å²) >= 11 is 0. The van der Waals surface area contributed by atoms with E-state index < -0.39 is 0 Å². The van der Waals surface area contributed by atoms with Crippen LogP contribution in [0.2, 0.25) is 0 Å². The van der Waals surface area contributed by atoms with Crippen LogP contribution >= 0.6 is 0 Å². The molecule has 0 aromatic heterocycles. The fraction of sp³-hybridized carbons (Fsp3) is 1.00. The van der Waals surface area contributed by atoms with Gasteiger partial charge in [-0.25, -0.2) is 0 Å². The van der Waals surface area contributed by atoms with Gasteiger partial charge in [-0.2, -0.15) is 0 Å². The molecule has 3 heteroatoms. The maximum Gasteiger partial charge on any atom is 0.0575 e. The van der Waals surface area contributed by atoms with E-state index in [4.69, 9.17) is 0 Å². The summed E-state index contributed by atoms with van der Waals surface area (Å²) in [4.78, 5) is 2.41. The number of likely N-dealkylation sites (tertiary alicyclic amines) is 1. The highest BCUT2D eigenvalue weighted by atomic mass is 16.3. The van der Waals surface area contributed by atoms with Crippen LogP contribution in [0.4, 0.5) is 0 Å². The lowest BCUT2D eigenvalue weighted by Crippen LogP contribution is -2.45. The maximum atomic E-state index is 9.68. The number of piperidine rings is 1. The number of aliphatic hydroxyl groups excluding tert-OH is 2. The fourth-order valence-corrected chi connectivity index (χ4v) is 2.30. The van der Waals surface area contributed by atoms with Gasteiger partial charge in [-0.1, -0.05) is 13.8 Å². The normalized spacial score (nSPS) is 24.4. The van der Waals surface area contributed by atoms with E-state index in [0.29, 0.717) is 5.92 Å². The van der Waals surface area contributed by atoms with Crippen molar-refractivity contribution in [2.24, 2.45) is 11.3 Å². The number of hydrogen-bond acceptors (Lipinski definition) is 3. The Hall–Kier alpha value is -0.120. The zero-order chi connectivity index (χ0) is 12.3. The first-order valence-corrected chi connectivity index (χ1v) is 6.41. The van der Waals surface area contributed by atoms with Gasteiger partial charge in [0.05, 0.1) is 12.2 Å². The van der Waals surface area contributed by atoms with Gasteiger partial charge in [0.15, 0.2) is 0 Å². The Balaban J connectivity index is 2.37. The Labute approximate surface area is 99.5 Å². The molecule has 0 aromatic rings. The SMILES string of the molecule is CC(O)C1CCN(CC(C)(C)C(C)O)CC1. The minimum Gasteiger partial charge on any atom is -0.393 e. The summed E-state index contributed by atoms with van der Waals surface area (Å²) in [6.07, 6.45) is 1.70. The first-order valence-electron chi connectivity index (χ1n) is 6.41. The summed E-state index contributed by atoms with van der Waals surface area (Å²) in [7, 11) is 0. The monoisotopic (exact) mass is 229 g/mol. The van der Waals surface area contributed by atoms with E-state index in [1.807, 2.05) is 13.8 Å². The van der Waals surface area contributed by atoms with E-state index in [9.17, 15) is 10.2 Å². The van der Waals surface area contributed by atoms with Crippen LogP contribution in [0.15, 0.2) is 0 Å². The zero-order valence-corrected chi connectivity index (χ0v) is 11.1. The van der Waals surface area contributed by atoms with Crippen molar-refractivity contribution in [3.8, 4) is 0 Å². The molecule has 0 radical (unpaired) electrons. The highest BCUT2D eigenvalue weighted by Crippen LogP contribution is 2.26. The van der Waals surface area contributed by atoms with Gasteiger partial charge in [0.1, 0.15) is 0 Å². The van der Waals surface area contributed by atoms with Crippen molar-refractivity contribution in [3.63, 3.8) is 0 Å². The van der Waals surface area contributed by atoms with Crippen molar-refractivity contribution >= 4 is 0 Å². The highest BCUT2D eigenvalue weighted by Gasteiger charge is 2.30. The van der Waals surface area contributed by atoms with E-state index in [1.54, 1.807) is 0 Å². The molecular formula is C13H27NO2. The van der Waals surface area contributed by atoms with Gasteiger partial charge in [-0.05, 0) is 45.7 Å². The van der Waals surface area contributed by atoms with Gasteiger partial charge in [-0.15, -0.1) is 0 Å². The second-order valence-corrected chi connectivity index (χ2v) is 6.02. The van der Waals surface area contributed by atoms with Crippen LogP contribution in [0.5, 0.6) is 0 Å². The molecule has 3 nitrogen and oxygen atoms in total. The Morgan fingerprint density at radius 3 is 2.06 bits per heavy atom. The molecule has 1 heterocycles. The summed E-state index contributed by atoms with van der Waals surface area (Å²) in [5.41, 5.74) is -0.0440. The lowest BCUT2D eigenvalue weighted by Gasteiger charge is -2.39. The van der Waals surface area contributed by atoms with Crippen LogP contribution in [0.3, 0.4) is 0 Å². The Bertz CT molecular complexity index is 206. The number of hydrogen-bond donors (Lipinski definition) is 2. The minimum absolute atomic E-state index is 0.0440. The van der Waals surface area contributed by atoms with Crippen LogP contribution in [0, 0.1) is 11.3 Å². The average Bonchev–Trinajstić information content (AvgIpc) is 2.17. The molecule has 1 aliphatic rings. The molecule has 1 aliphatic heterocycles. The van der Waals surface area contributed by atoms with Crippen LogP contribution in [-0.2, 0) is 0 Å². The molecule has 0 spiro atoms. The second kappa shape index (κ2) is 5.48. The Kier molecular flexibility index (Phi) is 4.77. The molecule has 1 saturated heterocycles. The van der Waals surface area contributed by atoms with E-state index in [1.165, 1.54) is 0 Å². The van der Waals surface area contributed by atoms with Crippen molar-refractivity contribution < 1.29 is 10.2 Å². The summed E-state index contributed by atoms with van der Waals surface area (Å²) in [6, 6.07) is 0. The number of rotatable bonds is 4. The van der Waals surface area contributed by atoms with Crippen LogP contribution < -0.4 is 0 Å². The predicted octanol–water partition coefficient (Wildman–Crippen LogP) is 1.49. The van der Waals surface area contributed by atoms with Gasteiger partial charge in [0.25, 0.3) is 0 Å². The molecule has 2 unspecified atom stereocenters. The van der Waals surface area contributed by atoms with Crippen molar-refractivity contribution in [1.82, 2.24) is 4.90 Å². The zero-order valence-electron chi connectivity index (χ0n) is 11.1. The molecular weight excluding hydrogens is 202 g/mol. The number of nitrogens with zero attached hydrogens (tertiary/aromatic N) is 1. The minimum atomic E-state index is -0.276.